The number of ether oxygens (including phenoxy) is 4. The molecule has 2 N–H and O–H groups in total. The molecule has 36 heavy (non-hydrogen) atoms. The van der Waals surface area contributed by atoms with Crippen LogP contribution in [0.1, 0.15) is 17.0 Å². The minimum absolute atomic E-state index is 0.0418. The van der Waals surface area contributed by atoms with Gasteiger partial charge in [0, 0.05) is 11.1 Å². The largest absolute Gasteiger partial charge is 0.497 e. The number of rotatable bonds is 6. The van der Waals surface area contributed by atoms with E-state index >= 15 is 0 Å². The molecule has 4 rings (SSSR count). The zero-order valence-corrected chi connectivity index (χ0v) is 20.8. The minimum atomic E-state index is -0.845. The summed E-state index contributed by atoms with van der Waals surface area (Å²) in [4.78, 5) is 13.5. The molecule has 0 unspecified atom stereocenters. The number of benzene rings is 2. The van der Waals surface area contributed by atoms with Crippen molar-refractivity contribution in [3.05, 3.63) is 72.6 Å². The lowest BCUT2D eigenvalue weighted by Crippen LogP contribution is -2.38. The Balaban J connectivity index is 2.08. The van der Waals surface area contributed by atoms with E-state index in [4.69, 9.17) is 24.7 Å². The van der Waals surface area contributed by atoms with Gasteiger partial charge in [-0.25, -0.2) is 0 Å². The highest BCUT2D eigenvalue weighted by Crippen LogP contribution is 2.41. The van der Waals surface area contributed by atoms with Gasteiger partial charge in [-0.15, -0.1) is 11.3 Å². The van der Waals surface area contributed by atoms with Gasteiger partial charge in [0.25, 0.3) is 5.56 Å². The van der Waals surface area contributed by atoms with Gasteiger partial charge in [0.2, 0.25) is 0 Å². The number of fused-ring (bicyclic) bond motifs is 1. The first kappa shape index (κ1) is 24.5. The molecule has 0 saturated heterocycles. The van der Waals surface area contributed by atoms with Crippen LogP contribution >= 0.6 is 11.3 Å². The summed E-state index contributed by atoms with van der Waals surface area (Å²) in [5.41, 5.74) is 7.35. The average Bonchev–Trinajstić information content (AvgIpc) is 3.23. The predicted octanol–water partition coefficient (Wildman–Crippen LogP) is 1.90. The van der Waals surface area contributed by atoms with Crippen LogP contribution in [0.3, 0.4) is 0 Å². The summed E-state index contributed by atoms with van der Waals surface area (Å²) in [5, 5.41) is 20.3. The van der Waals surface area contributed by atoms with Gasteiger partial charge < -0.3 is 24.7 Å². The van der Waals surface area contributed by atoms with Crippen molar-refractivity contribution in [1.82, 2.24) is 4.57 Å². The third-order valence-electron chi connectivity index (χ3n) is 5.86. The smallest absolute Gasteiger partial charge is 0.274 e. The minimum Gasteiger partial charge on any atom is -0.497 e. The number of allylic oxidation sites excluding steroid dienone is 1. The lowest BCUT2D eigenvalue weighted by molar-refractivity contribution is 0.398. The molecular formula is C26H22N4O5S. The van der Waals surface area contributed by atoms with Crippen LogP contribution in [-0.4, -0.2) is 33.0 Å². The van der Waals surface area contributed by atoms with Gasteiger partial charge >= 0.3 is 0 Å². The van der Waals surface area contributed by atoms with E-state index < -0.39 is 11.5 Å². The van der Waals surface area contributed by atoms with E-state index in [-0.39, 0.29) is 17.0 Å². The lowest BCUT2D eigenvalue weighted by Gasteiger charge is -2.24. The number of nitrogens with zero attached hydrogens (tertiary/aromatic N) is 3. The third kappa shape index (κ3) is 3.94. The molecule has 3 aromatic rings. The highest BCUT2D eigenvalue weighted by Gasteiger charge is 2.34. The molecule has 10 heteroatoms. The number of hydrogen-bond donors (Lipinski definition) is 1. The van der Waals surface area contributed by atoms with E-state index in [9.17, 15) is 15.3 Å². The van der Waals surface area contributed by atoms with Crippen LogP contribution in [0.4, 0.5) is 0 Å². The SMILES string of the molecule is COc1ccc(OC)c(/C=c2/sc3n(c2=O)C(N)=C(C#N)[C@H](c2cc(OC)ccc2OC)C=3C#N)c1. The fourth-order valence-corrected chi connectivity index (χ4v) is 5.24. The standard InChI is InChI=1S/C26H22N4O5S/c1-32-15-5-7-20(34-3)14(9-15)10-22-25(31)30-24(29)18(12-27)23(19(13-28)26(30)36-22)17-11-16(33-2)6-8-21(17)35-4/h5-11,23H,29H2,1-4H3/b22-10+/t23-/m0/s1. The maximum absolute atomic E-state index is 13.5. The monoisotopic (exact) mass is 502 g/mol. The Morgan fingerprint density at radius 1 is 0.917 bits per heavy atom. The van der Waals surface area contributed by atoms with E-state index in [2.05, 4.69) is 12.1 Å². The van der Waals surface area contributed by atoms with Gasteiger partial charge in [-0.2, -0.15) is 10.5 Å². The summed E-state index contributed by atoms with van der Waals surface area (Å²) < 4.78 is 23.4. The fraction of sp³-hybridized carbons (Fsp3) is 0.192. The molecule has 1 aliphatic heterocycles. The second-order valence-corrected chi connectivity index (χ2v) is 8.67. The van der Waals surface area contributed by atoms with Gasteiger partial charge in [-0.05, 0) is 42.5 Å². The van der Waals surface area contributed by atoms with E-state index in [1.54, 1.807) is 49.6 Å². The van der Waals surface area contributed by atoms with Gasteiger partial charge in [-0.3, -0.25) is 9.36 Å². The van der Waals surface area contributed by atoms with E-state index in [0.717, 1.165) is 11.3 Å². The van der Waals surface area contributed by atoms with Crippen molar-refractivity contribution in [2.75, 3.05) is 28.4 Å². The zero-order chi connectivity index (χ0) is 26.0. The summed E-state index contributed by atoms with van der Waals surface area (Å²) in [6, 6.07) is 14.6. The predicted molar refractivity (Wildman–Crippen MR) is 135 cm³/mol. The molecule has 2 heterocycles. The number of nitriles is 2. The Labute approximate surface area is 210 Å². The van der Waals surface area contributed by atoms with E-state index in [1.165, 1.54) is 25.9 Å². The lowest BCUT2D eigenvalue weighted by atomic mass is 9.84. The van der Waals surface area contributed by atoms with Crippen molar-refractivity contribution < 1.29 is 18.9 Å². The first-order valence-corrected chi connectivity index (χ1v) is 11.5. The molecule has 0 saturated carbocycles. The van der Waals surface area contributed by atoms with Crippen molar-refractivity contribution in [2.24, 2.45) is 5.73 Å². The first-order valence-electron chi connectivity index (χ1n) is 10.6. The molecule has 1 atom stereocenters. The van der Waals surface area contributed by atoms with Crippen molar-refractivity contribution in [1.29, 1.82) is 10.5 Å². The first-order chi connectivity index (χ1) is 17.4. The number of thiazole rings is 1. The third-order valence-corrected chi connectivity index (χ3v) is 6.97. The number of methoxy groups -OCH3 is 4. The summed E-state index contributed by atoms with van der Waals surface area (Å²) in [7, 11) is 6.08. The zero-order valence-electron chi connectivity index (χ0n) is 20.0. The topological polar surface area (TPSA) is 133 Å². The van der Waals surface area contributed by atoms with Crippen LogP contribution in [-0.2, 0) is 0 Å². The molecule has 9 nitrogen and oxygen atoms in total. The quantitative estimate of drug-likeness (QED) is 0.540. The van der Waals surface area contributed by atoms with E-state index in [1.807, 2.05) is 0 Å². The van der Waals surface area contributed by atoms with Crippen molar-refractivity contribution in [2.45, 2.75) is 5.92 Å². The Morgan fingerprint density at radius 3 is 2.11 bits per heavy atom. The number of aromatic nitrogens is 1. The molecule has 0 fully saturated rings. The Bertz CT molecular complexity index is 1650. The van der Waals surface area contributed by atoms with Crippen LogP contribution in [0, 0.1) is 22.7 Å². The summed E-state index contributed by atoms with van der Waals surface area (Å²) in [5.74, 6) is 1.21. The second-order valence-electron chi connectivity index (χ2n) is 7.64. The maximum atomic E-state index is 13.5. The second kappa shape index (κ2) is 9.90. The fourth-order valence-electron chi connectivity index (χ4n) is 4.12. The molecule has 0 amide bonds. The molecule has 182 valence electrons. The number of nitrogens with two attached hydrogens (primary N) is 1. The molecule has 1 aliphatic rings. The Morgan fingerprint density at radius 2 is 1.53 bits per heavy atom. The molecule has 0 bridgehead atoms. The Kier molecular flexibility index (Phi) is 6.73. The van der Waals surface area contributed by atoms with Crippen molar-refractivity contribution in [3.8, 4) is 35.1 Å². The van der Waals surface area contributed by atoms with Crippen LogP contribution in [0.25, 0.3) is 17.5 Å². The molecule has 0 radical (unpaired) electrons. The van der Waals surface area contributed by atoms with Gasteiger partial charge in [0.05, 0.1) is 62.2 Å². The highest BCUT2D eigenvalue weighted by atomic mass is 32.1. The number of hydrogen-bond acceptors (Lipinski definition) is 9. The average molecular weight is 503 g/mol. The highest BCUT2D eigenvalue weighted by molar-refractivity contribution is 7.07. The van der Waals surface area contributed by atoms with Gasteiger partial charge in [0.15, 0.2) is 0 Å². The van der Waals surface area contributed by atoms with Crippen LogP contribution in [0.2, 0.25) is 0 Å². The van der Waals surface area contributed by atoms with E-state index in [0.29, 0.717) is 43.3 Å². The van der Waals surface area contributed by atoms with Crippen molar-refractivity contribution >= 4 is 28.8 Å². The van der Waals surface area contributed by atoms with Gasteiger partial charge in [-0.1, -0.05) is 0 Å². The van der Waals surface area contributed by atoms with Crippen molar-refractivity contribution in [3.63, 3.8) is 0 Å². The van der Waals surface area contributed by atoms with Gasteiger partial charge in [0.1, 0.15) is 33.5 Å². The summed E-state index contributed by atoms with van der Waals surface area (Å²) in [6.45, 7) is 0. The molecular weight excluding hydrogens is 480 g/mol. The summed E-state index contributed by atoms with van der Waals surface area (Å²) >= 11 is 1.10. The maximum Gasteiger partial charge on any atom is 0.274 e. The Hall–Kier alpha value is -4.67. The molecule has 2 aromatic carbocycles. The summed E-state index contributed by atoms with van der Waals surface area (Å²) in [6.07, 6.45) is 1.65. The van der Waals surface area contributed by atoms with Crippen LogP contribution < -0.4 is 39.4 Å². The molecule has 1 aromatic heterocycles. The van der Waals surface area contributed by atoms with Crippen LogP contribution in [0.15, 0.2) is 46.8 Å². The molecule has 0 spiro atoms. The van der Waals surface area contributed by atoms with Crippen LogP contribution in [0.5, 0.6) is 23.0 Å². The normalized spacial score (nSPS) is 15.1. The molecule has 0 aliphatic carbocycles.